The van der Waals surface area contributed by atoms with E-state index in [0.29, 0.717) is 0 Å². The first kappa shape index (κ1) is 88.2. The van der Waals surface area contributed by atoms with E-state index in [1.807, 2.05) is 0 Å². The Morgan fingerprint density at radius 3 is 0.727 bits per heavy atom. The van der Waals surface area contributed by atoms with Crippen molar-refractivity contribution in [1.29, 1.82) is 0 Å². The first-order chi connectivity index (χ1) is 73.7. The molecule has 0 unspecified atom stereocenters. The van der Waals surface area contributed by atoms with Gasteiger partial charge in [0.25, 0.3) is 0 Å². The number of nitrogens with zero attached hydrogens (tertiary/aromatic N) is 8. The predicted molar refractivity (Wildman–Crippen MR) is 647 cm³/mol. The molecule has 0 atom stereocenters. The van der Waals surface area contributed by atoms with Gasteiger partial charge in [0.15, 0.2) is 0 Å². The average molecular weight is 1950 g/mol. The van der Waals surface area contributed by atoms with Crippen molar-refractivity contribution in [2.24, 2.45) is 0 Å². The summed E-state index contributed by atoms with van der Waals surface area (Å²) in [5, 5.41) is 22.8. The zero-order valence-electron chi connectivity index (χ0n) is 84.8. The Morgan fingerprint density at radius 1 is 0.173 bits per heavy atom. The second kappa shape index (κ2) is 34.1. The number of hydrogen-bond donors (Lipinski definition) is 0. The summed E-state index contributed by atoms with van der Waals surface area (Å²) in [5.41, 5.74) is 40.7. The highest BCUT2D eigenvalue weighted by Gasteiger charge is 2.38. The van der Waals surface area contributed by atoms with Gasteiger partial charge in [-0.2, -0.15) is 0 Å². The van der Waals surface area contributed by atoms with E-state index in [9.17, 15) is 0 Å². The van der Waals surface area contributed by atoms with Gasteiger partial charge in [0.2, 0.25) is 0 Å². The van der Waals surface area contributed by atoms with Gasteiger partial charge in [0, 0.05) is 154 Å². The minimum absolute atomic E-state index is 1.12. The van der Waals surface area contributed by atoms with E-state index in [1.54, 1.807) is 0 Å². The number of rotatable bonds is 18. The maximum absolute atomic E-state index is 2.64. The lowest BCUT2D eigenvalue weighted by Crippen LogP contribution is -2.40. The Bertz CT molecular complexity index is 10600. The Kier molecular flexibility index (Phi) is 20.1. The summed E-state index contributed by atoms with van der Waals surface area (Å²) in [6, 6.07) is 180. The second-order valence-electron chi connectivity index (χ2n) is 42.6. The van der Waals surface area contributed by atoms with Crippen molar-refractivity contribution in [3.63, 3.8) is 0 Å². The summed E-state index contributed by atoms with van der Waals surface area (Å²) in [6.45, 7) is 19.1. The smallest absolute Gasteiger partial charge is 0.0803 e. The fraction of sp³-hybridized carbons (Fsp3) is 0.0571. The highest BCUT2D eigenvalue weighted by Crippen LogP contribution is 2.61. The zero-order chi connectivity index (χ0) is 100. The van der Waals surface area contributed by atoms with Crippen LogP contribution in [0.15, 0.2) is 485 Å². The first-order valence-corrected chi connectivity index (χ1v) is 59.4. The van der Waals surface area contributed by atoms with Crippen LogP contribution in [0.25, 0.3) is 197 Å². The third-order valence-corrected chi connectivity index (χ3v) is 35.9. The number of fused-ring (bicyclic) bond motifs is 24. The van der Waals surface area contributed by atoms with Crippen molar-refractivity contribution in [3.05, 3.63) is 496 Å². The third-order valence-electron chi connectivity index (χ3n) is 31.8. The lowest BCUT2D eigenvalue weighted by Gasteiger charge is -2.31. The maximum atomic E-state index is 2.64. The molecule has 150 heavy (non-hydrogen) atoms. The molecular formula is C140H104N8Si2. The maximum Gasteiger partial charge on any atom is 0.0803 e. The topological polar surface area (TPSA) is 30.6 Å². The molecule has 30 aromatic rings. The summed E-state index contributed by atoms with van der Waals surface area (Å²) in [7, 11) is -3.46. The number of aromatic nitrogens is 4. The normalized spacial score (nSPS) is 12.3. The molecule has 0 aliphatic carbocycles. The van der Waals surface area contributed by atoms with Crippen LogP contribution in [0.4, 0.5) is 68.2 Å². The number of benzene rings is 22. The molecule has 0 fully saturated rings. The summed E-state index contributed by atoms with van der Waals surface area (Å²) in [6.07, 6.45) is 0. The molecule has 8 heterocycles. The summed E-state index contributed by atoms with van der Waals surface area (Å²) in [5.74, 6) is 0. The van der Waals surface area contributed by atoms with E-state index in [4.69, 9.17) is 0 Å². The Hall–Kier alpha value is -18.3. The number of aryl methyl sites for hydroxylation is 2. The fourth-order valence-electron chi connectivity index (χ4n) is 25.8. The van der Waals surface area contributed by atoms with Gasteiger partial charge in [-0.15, -0.1) is 0 Å². The lowest BCUT2D eigenvalue weighted by molar-refractivity contribution is 1.26. The second-order valence-corrected chi connectivity index (χ2v) is 52.7. The highest BCUT2D eigenvalue weighted by atomic mass is 28.3. The number of hydrogen-bond acceptors (Lipinski definition) is 4. The Labute approximate surface area is 871 Å². The molecule has 0 aliphatic heterocycles. The van der Waals surface area contributed by atoms with Crippen LogP contribution in [0.3, 0.4) is 0 Å². The minimum atomic E-state index is -1.81. The highest BCUT2D eigenvalue weighted by molar-refractivity contribution is 6.90. The standard InChI is InChI=1S/2C70H52N4Si/c1-45-23-17-32-50(43-45)71(48-28-13-7-14-29-48)57-39-21-41-59-63(57)53-35-19-37-55-65-62(47-26-11-6-12-27-47)70-66(61(46-24-9-5-10-25-46)69(65)73(59)67(53)55)56-38-20-36-54-64-58(40-22-42-60(64)74(70)68(54)56)72(49-30-15-8-16-31-49)51-33-18-34-52(44-51)75(2,3)4;1-45-25-17-18-38-54(45)71(48-30-13-7-14-31-48)56-40-23-42-58-63(56)50-34-21-36-52-65-62(47-28-11-6-12-29-47)70-66(61(46-26-9-5-10-27-46)69(65)73(58)67(50)52)53-37-22-35-51-64-57(41-24-43-59(64)74(70)68(51)53)72(49-32-15-8-16-33-49)55-39-19-20-44-60(55)75(2,3)4/h2*5-44H,1-4H3. The quantitative estimate of drug-likeness (QED) is 0.0801. The fourth-order valence-corrected chi connectivity index (χ4v) is 28.5. The van der Waals surface area contributed by atoms with E-state index in [2.05, 4.69) is 576 Å². The van der Waals surface area contributed by atoms with Crippen molar-refractivity contribution in [2.45, 2.75) is 53.1 Å². The van der Waals surface area contributed by atoms with E-state index < -0.39 is 16.1 Å². The van der Waals surface area contributed by atoms with Crippen LogP contribution in [0, 0.1) is 13.8 Å². The van der Waals surface area contributed by atoms with Crippen LogP contribution in [0.1, 0.15) is 11.1 Å². The summed E-state index contributed by atoms with van der Waals surface area (Å²) < 4.78 is 10.5. The van der Waals surface area contributed by atoms with E-state index in [0.717, 1.165) is 45.5 Å². The molecule has 8 nitrogen and oxygen atoms in total. The molecule has 0 amide bonds. The minimum Gasteiger partial charge on any atom is -0.310 e. The number of anilines is 12. The molecule has 0 spiro atoms. The lowest BCUT2D eigenvalue weighted by atomic mass is 9.89. The van der Waals surface area contributed by atoms with Gasteiger partial charge in [0.1, 0.15) is 0 Å². The van der Waals surface area contributed by atoms with E-state index in [1.165, 1.54) is 241 Å². The van der Waals surface area contributed by atoms with Crippen LogP contribution in [0.2, 0.25) is 39.3 Å². The molecule has 0 N–H and O–H groups in total. The number of para-hydroxylation sites is 10. The predicted octanol–water partition coefficient (Wildman–Crippen LogP) is 38.2. The molecule has 0 radical (unpaired) electrons. The van der Waals surface area contributed by atoms with Crippen LogP contribution >= 0.6 is 0 Å². The van der Waals surface area contributed by atoms with Gasteiger partial charge in [-0.25, -0.2) is 0 Å². The third kappa shape index (κ3) is 13.2. The summed E-state index contributed by atoms with van der Waals surface area (Å²) >= 11 is 0. The molecular weight excluding hydrogens is 1850 g/mol. The van der Waals surface area contributed by atoms with E-state index in [-0.39, 0.29) is 0 Å². The van der Waals surface area contributed by atoms with Crippen LogP contribution in [0.5, 0.6) is 0 Å². The Morgan fingerprint density at radius 2 is 0.413 bits per heavy atom. The van der Waals surface area contributed by atoms with Crippen LogP contribution < -0.4 is 30.0 Å². The largest absolute Gasteiger partial charge is 0.310 e. The SMILES string of the molecule is Cc1cccc(N(c2ccccc2)c2cccc3c2c2cccc4c5c(-c6ccccc6)c6c(c(-c7ccccc7)c5n3c24)c2cccc3c4c(N(c5ccccc5)c5cccc([Si](C)(C)C)c5)cccc4n6c32)c1.Cc1ccccc1N(c1ccccc1)c1cccc2c1c1cccc3c4c(-c5ccccc5)c5c(c(-c6ccccc6)c4n2c13)c1cccc2c3c(N(c4ccccc4)c4ccccc4[Si](C)(C)C)cccc3n5c21. The molecule has 0 bridgehead atoms. The van der Waals surface area contributed by atoms with Gasteiger partial charge in [-0.05, 0) is 186 Å². The van der Waals surface area contributed by atoms with Crippen molar-refractivity contribution < 1.29 is 0 Å². The average Bonchev–Trinajstić information content (AvgIpc) is 1.49. The van der Waals surface area contributed by atoms with Crippen LogP contribution in [-0.2, 0) is 0 Å². The zero-order valence-corrected chi connectivity index (χ0v) is 86.8. The van der Waals surface area contributed by atoms with E-state index >= 15 is 0 Å². The summed E-state index contributed by atoms with van der Waals surface area (Å²) in [4.78, 5) is 9.94. The molecule has 712 valence electrons. The molecule has 0 saturated heterocycles. The monoisotopic (exact) mass is 1950 g/mol. The van der Waals surface area contributed by atoms with Crippen molar-refractivity contribution in [1.82, 2.24) is 17.6 Å². The first-order valence-electron chi connectivity index (χ1n) is 52.4. The van der Waals surface area contributed by atoms with Crippen molar-refractivity contribution in [3.8, 4) is 44.5 Å². The van der Waals surface area contributed by atoms with Crippen LogP contribution in [-0.4, -0.2) is 33.8 Å². The van der Waals surface area contributed by atoms with Gasteiger partial charge in [0.05, 0.1) is 105 Å². The molecule has 0 aliphatic rings. The van der Waals surface area contributed by atoms with Gasteiger partial charge in [-0.1, -0.05) is 396 Å². The molecule has 0 saturated carbocycles. The molecule has 10 heteroatoms. The van der Waals surface area contributed by atoms with Crippen molar-refractivity contribution >= 4 is 247 Å². The molecule has 8 aromatic heterocycles. The molecule has 30 rings (SSSR count). The van der Waals surface area contributed by atoms with Gasteiger partial charge in [-0.3, -0.25) is 0 Å². The van der Waals surface area contributed by atoms with Gasteiger partial charge >= 0.3 is 0 Å². The van der Waals surface area contributed by atoms with Gasteiger partial charge < -0.3 is 37.2 Å². The Balaban J connectivity index is 0.000000141. The molecule has 22 aromatic carbocycles. The van der Waals surface area contributed by atoms with Crippen molar-refractivity contribution in [2.75, 3.05) is 19.6 Å².